The van der Waals surface area contributed by atoms with Gasteiger partial charge in [-0.3, -0.25) is 9.59 Å². The Bertz CT molecular complexity index is 853. The summed E-state index contributed by atoms with van der Waals surface area (Å²) in [6.07, 6.45) is 0. The predicted octanol–water partition coefficient (Wildman–Crippen LogP) is 2.34. The molecule has 3 rings (SSSR count). The zero-order valence-corrected chi connectivity index (χ0v) is 17.0. The Morgan fingerprint density at radius 3 is 2.34 bits per heavy atom. The summed E-state index contributed by atoms with van der Waals surface area (Å²) in [6.45, 7) is 2.86. The van der Waals surface area contributed by atoms with Crippen molar-refractivity contribution in [2.24, 2.45) is 0 Å². The highest BCUT2D eigenvalue weighted by atomic mass is 16.5. The topological polar surface area (TPSA) is 68.3 Å². The fourth-order valence-electron chi connectivity index (χ4n) is 3.30. The largest absolute Gasteiger partial charge is 0.497 e. The summed E-state index contributed by atoms with van der Waals surface area (Å²) < 4.78 is 16.0. The van der Waals surface area contributed by atoms with E-state index in [-0.39, 0.29) is 18.4 Å². The number of hydrogen-bond donors (Lipinski definition) is 0. The van der Waals surface area contributed by atoms with E-state index in [1.54, 1.807) is 37.0 Å². The molecule has 1 saturated heterocycles. The second kappa shape index (κ2) is 9.32. The summed E-state index contributed by atoms with van der Waals surface area (Å²) in [7, 11) is 3.20. The minimum absolute atomic E-state index is 0.0639. The zero-order valence-electron chi connectivity index (χ0n) is 17.0. The second-order valence-electron chi connectivity index (χ2n) is 6.83. The standard InChI is InChI=1S/C22H26N2O5/c1-16-22(26)23(14-17-7-9-18(27-2)10-8-17)15-21(25)24(16)11-12-29-20-6-4-5-19(13-20)28-3/h4-10,13,16H,11-12,14-15H2,1-3H3/t16-/m0/s1. The van der Waals surface area contributed by atoms with Crippen LogP contribution in [0.2, 0.25) is 0 Å². The Morgan fingerprint density at radius 2 is 1.66 bits per heavy atom. The van der Waals surface area contributed by atoms with Crippen LogP contribution in [0.25, 0.3) is 0 Å². The molecule has 0 N–H and O–H groups in total. The molecule has 154 valence electrons. The molecule has 2 aromatic rings. The number of rotatable bonds is 8. The van der Waals surface area contributed by atoms with Crippen LogP contribution in [0.4, 0.5) is 0 Å². The molecule has 2 amide bonds. The van der Waals surface area contributed by atoms with Gasteiger partial charge in [0.2, 0.25) is 11.8 Å². The Hall–Kier alpha value is -3.22. The first-order chi connectivity index (χ1) is 14.0. The second-order valence-corrected chi connectivity index (χ2v) is 6.83. The van der Waals surface area contributed by atoms with Gasteiger partial charge in [-0.2, -0.15) is 0 Å². The number of piperazine rings is 1. The highest BCUT2D eigenvalue weighted by Gasteiger charge is 2.36. The van der Waals surface area contributed by atoms with Crippen LogP contribution in [0.3, 0.4) is 0 Å². The quantitative estimate of drug-likeness (QED) is 0.683. The first kappa shape index (κ1) is 20.5. The Balaban J connectivity index is 1.56. The van der Waals surface area contributed by atoms with E-state index < -0.39 is 6.04 Å². The van der Waals surface area contributed by atoms with Crippen LogP contribution in [0.5, 0.6) is 17.2 Å². The summed E-state index contributed by atoms with van der Waals surface area (Å²) in [5.74, 6) is 1.97. The molecular formula is C22H26N2O5. The van der Waals surface area contributed by atoms with Gasteiger partial charge < -0.3 is 24.0 Å². The van der Waals surface area contributed by atoms with Crippen molar-refractivity contribution in [3.05, 3.63) is 54.1 Å². The lowest BCUT2D eigenvalue weighted by molar-refractivity contribution is -0.155. The molecular weight excluding hydrogens is 372 g/mol. The molecule has 0 saturated carbocycles. The van der Waals surface area contributed by atoms with Gasteiger partial charge in [-0.05, 0) is 36.8 Å². The third-order valence-electron chi connectivity index (χ3n) is 4.96. The van der Waals surface area contributed by atoms with Crippen LogP contribution >= 0.6 is 0 Å². The van der Waals surface area contributed by atoms with Crippen LogP contribution in [-0.4, -0.2) is 61.6 Å². The monoisotopic (exact) mass is 398 g/mol. The van der Waals surface area contributed by atoms with Gasteiger partial charge in [0.15, 0.2) is 0 Å². The third kappa shape index (κ3) is 4.99. The molecule has 0 aliphatic carbocycles. The molecule has 7 nitrogen and oxygen atoms in total. The Morgan fingerprint density at radius 1 is 0.966 bits per heavy atom. The van der Waals surface area contributed by atoms with Crippen molar-refractivity contribution in [3.8, 4) is 17.2 Å². The molecule has 1 aliphatic rings. The van der Waals surface area contributed by atoms with Crippen LogP contribution in [-0.2, 0) is 16.1 Å². The molecule has 7 heteroatoms. The van der Waals surface area contributed by atoms with Crippen molar-refractivity contribution in [1.82, 2.24) is 9.80 Å². The van der Waals surface area contributed by atoms with Crippen molar-refractivity contribution < 1.29 is 23.8 Å². The maximum Gasteiger partial charge on any atom is 0.245 e. The lowest BCUT2D eigenvalue weighted by Crippen LogP contribution is -2.59. The van der Waals surface area contributed by atoms with E-state index in [1.165, 1.54) is 0 Å². The third-order valence-corrected chi connectivity index (χ3v) is 4.96. The Labute approximate surface area is 170 Å². The highest BCUT2D eigenvalue weighted by Crippen LogP contribution is 2.20. The van der Waals surface area contributed by atoms with E-state index in [9.17, 15) is 9.59 Å². The smallest absolute Gasteiger partial charge is 0.245 e. The van der Waals surface area contributed by atoms with Gasteiger partial charge in [0.05, 0.1) is 20.8 Å². The van der Waals surface area contributed by atoms with Crippen molar-refractivity contribution in [1.29, 1.82) is 0 Å². The number of hydrogen-bond acceptors (Lipinski definition) is 5. The average molecular weight is 398 g/mol. The first-order valence-corrected chi connectivity index (χ1v) is 9.50. The predicted molar refractivity (Wildman–Crippen MR) is 108 cm³/mol. The van der Waals surface area contributed by atoms with E-state index in [0.717, 1.165) is 11.3 Å². The summed E-state index contributed by atoms with van der Waals surface area (Å²) in [5.41, 5.74) is 0.953. The van der Waals surface area contributed by atoms with Crippen molar-refractivity contribution >= 4 is 11.8 Å². The van der Waals surface area contributed by atoms with Crippen molar-refractivity contribution in [2.45, 2.75) is 19.5 Å². The average Bonchev–Trinajstić information content (AvgIpc) is 2.75. The number of nitrogens with zero attached hydrogens (tertiary/aromatic N) is 2. The number of carbonyl (C=O) groups excluding carboxylic acids is 2. The fourth-order valence-corrected chi connectivity index (χ4v) is 3.30. The van der Waals surface area contributed by atoms with Gasteiger partial charge in [-0.1, -0.05) is 18.2 Å². The number of ether oxygens (including phenoxy) is 3. The van der Waals surface area contributed by atoms with E-state index in [2.05, 4.69) is 0 Å². The van der Waals surface area contributed by atoms with Gasteiger partial charge in [0, 0.05) is 12.6 Å². The molecule has 0 aromatic heterocycles. The number of carbonyl (C=O) groups is 2. The molecule has 1 fully saturated rings. The normalized spacial score (nSPS) is 16.7. The SMILES string of the molecule is COc1ccc(CN2CC(=O)N(CCOc3cccc(OC)c3)[C@@H](C)C2=O)cc1. The number of benzene rings is 2. The fraction of sp³-hybridized carbons (Fsp3) is 0.364. The highest BCUT2D eigenvalue weighted by molar-refractivity contribution is 5.94. The summed E-state index contributed by atoms with van der Waals surface area (Å²) in [5, 5.41) is 0. The van der Waals surface area contributed by atoms with E-state index >= 15 is 0 Å². The maximum atomic E-state index is 12.8. The molecule has 1 heterocycles. The lowest BCUT2D eigenvalue weighted by Gasteiger charge is -2.38. The van der Waals surface area contributed by atoms with Gasteiger partial charge in [0.1, 0.15) is 36.4 Å². The van der Waals surface area contributed by atoms with Gasteiger partial charge in [0.25, 0.3) is 0 Å². The van der Waals surface area contributed by atoms with Crippen LogP contribution in [0.1, 0.15) is 12.5 Å². The molecule has 0 unspecified atom stereocenters. The molecule has 29 heavy (non-hydrogen) atoms. The number of amides is 2. The van der Waals surface area contributed by atoms with Crippen LogP contribution < -0.4 is 14.2 Å². The van der Waals surface area contributed by atoms with Gasteiger partial charge >= 0.3 is 0 Å². The number of methoxy groups -OCH3 is 2. The van der Waals surface area contributed by atoms with Crippen molar-refractivity contribution in [3.63, 3.8) is 0 Å². The molecule has 0 bridgehead atoms. The van der Waals surface area contributed by atoms with Gasteiger partial charge in [-0.15, -0.1) is 0 Å². The van der Waals surface area contributed by atoms with Crippen molar-refractivity contribution in [2.75, 3.05) is 33.9 Å². The molecule has 0 spiro atoms. The summed E-state index contributed by atoms with van der Waals surface area (Å²) >= 11 is 0. The first-order valence-electron chi connectivity index (χ1n) is 9.50. The summed E-state index contributed by atoms with van der Waals surface area (Å²) in [6, 6.07) is 14.2. The van der Waals surface area contributed by atoms with Gasteiger partial charge in [-0.25, -0.2) is 0 Å². The van der Waals surface area contributed by atoms with Crippen LogP contribution in [0, 0.1) is 0 Å². The van der Waals surface area contributed by atoms with Crippen LogP contribution in [0.15, 0.2) is 48.5 Å². The zero-order chi connectivity index (χ0) is 20.8. The molecule has 0 radical (unpaired) electrons. The van der Waals surface area contributed by atoms with E-state index in [0.29, 0.717) is 31.2 Å². The van der Waals surface area contributed by atoms with E-state index in [1.807, 2.05) is 42.5 Å². The molecule has 1 aliphatic heterocycles. The Kier molecular flexibility index (Phi) is 6.59. The maximum absolute atomic E-state index is 12.8. The summed E-state index contributed by atoms with van der Waals surface area (Å²) in [4.78, 5) is 28.6. The minimum atomic E-state index is -0.525. The minimum Gasteiger partial charge on any atom is -0.497 e. The molecule has 1 atom stereocenters. The molecule has 2 aromatic carbocycles. The van der Waals surface area contributed by atoms with E-state index in [4.69, 9.17) is 14.2 Å². The lowest BCUT2D eigenvalue weighted by atomic mass is 10.1.